The van der Waals surface area contributed by atoms with Gasteiger partial charge in [0.2, 0.25) is 0 Å². The van der Waals surface area contributed by atoms with E-state index in [4.69, 9.17) is 9.47 Å². The lowest BCUT2D eigenvalue weighted by Gasteiger charge is -2.22. The van der Waals surface area contributed by atoms with Crippen LogP contribution in [-0.2, 0) is 4.74 Å². The van der Waals surface area contributed by atoms with Crippen molar-refractivity contribution >= 4 is 5.65 Å². The Bertz CT molecular complexity index is 869. The minimum Gasteiger partial charge on any atom is -0.492 e. The van der Waals surface area contributed by atoms with E-state index >= 15 is 0 Å². The summed E-state index contributed by atoms with van der Waals surface area (Å²) in [6.07, 6.45) is 6.28. The lowest BCUT2D eigenvalue weighted by atomic mass is 10.2. The first-order valence-electron chi connectivity index (χ1n) is 8.54. The summed E-state index contributed by atoms with van der Waals surface area (Å²) in [6, 6.07) is 6.15. The number of aromatic nitrogens is 4. The van der Waals surface area contributed by atoms with Crippen LogP contribution in [0.4, 0.5) is 4.39 Å². The van der Waals surface area contributed by atoms with Crippen LogP contribution in [0.2, 0.25) is 0 Å². The van der Waals surface area contributed by atoms with Crippen molar-refractivity contribution in [2.45, 2.75) is 18.6 Å². The van der Waals surface area contributed by atoms with E-state index in [9.17, 15) is 4.39 Å². The van der Waals surface area contributed by atoms with Crippen LogP contribution in [0.25, 0.3) is 5.65 Å². The normalized spacial score (nSPS) is 20.7. The summed E-state index contributed by atoms with van der Waals surface area (Å²) in [4.78, 5) is 6.37. The average molecular weight is 357 g/mol. The monoisotopic (exact) mass is 357 g/mol. The molecule has 1 aromatic carbocycles. The highest BCUT2D eigenvalue weighted by atomic mass is 19.1. The Morgan fingerprint density at radius 3 is 2.88 bits per heavy atom. The molecule has 0 radical (unpaired) electrons. The van der Waals surface area contributed by atoms with Crippen molar-refractivity contribution in [3.05, 3.63) is 54.5 Å². The first-order chi connectivity index (χ1) is 12.7. The van der Waals surface area contributed by atoms with Gasteiger partial charge in [0, 0.05) is 32.6 Å². The van der Waals surface area contributed by atoms with E-state index in [-0.39, 0.29) is 18.0 Å². The third-order valence-electron chi connectivity index (χ3n) is 4.70. The van der Waals surface area contributed by atoms with Crippen molar-refractivity contribution < 1.29 is 13.9 Å². The second-order valence-electron chi connectivity index (χ2n) is 6.27. The Labute approximate surface area is 150 Å². The van der Waals surface area contributed by atoms with Gasteiger partial charge in [-0.2, -0.15) is 0 Å². The Morgan fingerprint density at radius 1 is 1.23 bits per heavy atom. The summed E-state index contributed by atoms with van der Waals surface area (Å²) in [5, 5.41) is 8.57. The summed E-state index contributed by atoms with van der Waals surface area (Å²) in [5.74, 6) is 1.27. The van der Waals surface area contributed by atoms with Gasteiger partial charge >= 0.3 is 0 Å². The maximum Gasteiger partial charge on any atom is 0.179 e. The molecule has 2 atom stereocenters. The molecule has 7 nitrogen and oxygen atoms in total. The fraction of sp³-hybridized carbons (Fsp3) is 0.389. The van der Waals surface area contributed by atoms with E-state index in [1.54, 1.807) is 31.6 Å². The molecule has 3 aromatic rings. The van der Waals surface area contributed by atoms with Crippen LogP contribution in [0.3, 0.4) is 0 Å². The summed E-state index contributed by atoms with van der Waals surface area (Å²) in [7, 11) is 1.73. The number of likely N-dealkylation sites (tertiary alicyclic amines) is 1. The molecule has 3 heterocycles. The van der Waals surface area contributed by atoms with Crippen molar-refractivity contribution in [2.75, 3.05) is 26.8 Å². The molecule has 1 saturated heterocycles. The van der Waals surface area contributed by atoms with Gasteiger partial charge in [-0.25, -0.2) is 4.39 Å². The highest BCUT2D eigenvalue weighted by Gasteiger charge is 2.35. The standard InChI is InChI=1S/C18H20FN5O2/c1-25-15-10-16(18-22-21-17-11-20-6-7-24(17)18)23(12-15)8-9-26-14-4-2-13(19)3-5-14/h2-7,11,15-16H,8-10,12H2,1H3/t15-,16+/m1/s1. The average Bonchev–Trinajstić information content (AvgIpc) is 3.27. The molecule has 1 fully saturated rings. The molecule has 2 aromatic heterocycles. The SMILES string of the molecule is CO[C@@H]1C[C@@H](c2nnc3cnccn23)N(CCOc2ccc(F)cc2)C1. The van der Waals surface area contributed by atoms with Crippen LogP contribution in [0.5, 0.6) is 5.75 Å². The first kappa shape index (κ1) is 16.9. The van der Waals surface area contributed by atoms with Crippen LogP contribution < -0.4 is 4.74 Å². The number of nitrogens with zero attached hydrogens (tertiary/aromatic N) is 5. The minimum absolute atomic E-state index is 0.0918. The van der Waals surface area contributed by atoms with E-state index in [1.807, 2.05) is 10.6 Å². The third-order valence-corrected chi connectivity index (χ3v) is 4.70. The molecule has 1 aliphatic heterocycles. The van der Waals surface area contributed by atoms with E-state index in [0.29, 0.717) is 18.9 Å². The number of fused-ring (bicyclic) bond motifs is 1. The smallest absolute Gasteiger partial charge is 0.179 e. The fourth-order valence-electron chi connectivity index (χ4n) is 3.36. The molecule has 0 spiro atoms. The number of hydrogen-bond donors (Lipinski definition) is 0. The van der Waals surface area contributed by atoms with Gasteiger partial charge in [-0.3, -0.25) is 14.3 Å². The molecule has 1 aliphatic rings. The summed E-state index contributed by atoms with van der Waals surface area (Å²) < 4.78 is 26.2. The predicted octanol–water partition coefficient (Wildman–Crippen LogP) is 2.10. The van der Waals surface area contributed by atoms with Gasteiger partial charge in [0.1, 0.15) is 18.2 Å². The number of rotatable bonds is 6. The maximum atomic E-state index is 13.0. The molecular formula is C18H20FN5O2. The molecule has 4 rings (SSSR count). The third kappa shape index (κ3) is 3.38. The van der Waals surface area contributed by atoms with Crippen molar-refractivity contribution in [3.8, 4) is 5.75 Å². The van der Waals surface area contributed by atoms with Gasteiger partial charge in [0.05, 0.1) is 18.3 Å². The largest absolute Gasteiger partial charge is 0.492 e. The van der Waals surface area contributed by atoms with Crippen molar-refractivity contribution in [1.29, 1.82) is 0 Å². The van der Waals surface area contributed by atoms with Crippen molar-refractivity contribution in [1.82, 2.24) is 24.5 Å². The highest BCUT2D eigenvalue weighted by molar-refractivity contribution is 5.34. The fourth-order valence-corrected chi connectivity index (χ4v) is 3.36. The van der Waals surface area contributed by atoms with E-state index in [2.05, 4.69) is 20.1 Å². The van der Waals surface area contributed by atoms with E-state index in [0.717, 1.165) is 24.4 Å². The maximum absolute atomic E-state index is 13.0. The Hall–Kier alpha value is -2.58. The number of benzene rings is 1. The summed E-state index contributed by atoms with van der Waals surface area (Å²) in [5.41, 5.74) is 0.728. The van der Waals surface area contributed by atoms with Gasteiger partial charge in [-0.05, 0) is 30.7 Å². The van der Waals surface area contributed by atoms with Gasteiger partial charge < -0.3 is 9.47 Å². The molecule has 0 amide bonds. The zero-order valence-electron chi connectivity index (χ0n) is 14.5. The van der Waals surface area contributed by atoms with Crippen molar-refractivity contribution in [3.63, 3.8) is 0 Å². The molecule has 0 saturated carbocycles. The molecule has 0 N–H and O–H groups in total. The van der Waals surface area contributed by atoms with Gasteiger partial charge in [0.25, 0.3) is 0 Å². The number of halogens is 1. The topological polar surface area (TPSA) is 64.8 Å². The summed E-state index contributed by atoms with van der Waals surface area (Å²) in [6.45, 7) is 2.01. The van der Waals surface area contributed by atoms with Crippen LogP contribution in [-0.4, -0.2) is 57.4 Å². The minimum atomic E-state index is -0.270. The lowest BCUT2D eigenvalue weighted by molar-refractivity contribution is 0.105. The molecule has 0 unspecified atom stereocenters. The highest BCUT2D eigenvalue weighted by Crippen LogP contribution is 2.32. The first-order valence-corrected chi connectivity index (χ1v) is 8.54. The second-order valence-corrected chi connectivity index (χ2v) is 6.27. The number of hydrogen-bond acceptors (Lipinski definition) is 6. The molecule has 8 heteroatoms. The van der Waals surface area contributed by atoms with Crippen LogP contribution in [0.15, 0.2) is 42.9 Å². The lowest BCUT2D eigenvalue weighted by Crippen LogP contribution is -2.30. The second kappa shape index (κ2) is 7.35. The van der Waals surface area contributed by atoms with E-state index < -0.39 is 0 Å². The molecule has 0 aliphatic carbocycles. The van der Waals surface area contributed by atoms with Gasteiger partial charge in [-0.15, -0.1) is 10.2 Å². The van der Waals surface area contributed by atoms with Gasteiger partial charge in [-0.1, -0.05) is 0 Å². The number of ether oxygens (including phenoxy) is 2. The number of methoxy groups -OCH3 is 1. The van der Waals surface area contributed by atoms with Crippen molar-refractivity contribution in [2.24, 2.45) is 0 Å². The summed E-state index contributed by atoms with van der Waals surface area (Å²) >= 11 is 0. The Morgan fingerprint density at radius 2 is 2.08 bits per heavy atom. The molecular weight excluding hydrogens is 337 g/mol. The molecule has 0 bridgehead atoms. The Balaban J connectivity index is 1.47. The van der Waals surface area contributed by atoms with Crippen LogP contribution >= 0.6 is 0 Å². The van der Waals surface area contributed by atoms with Crippen LogP contribution in [0.1, 0.15) is 18.3 Å². The zero-order chi connectivity index (χ0) is 17.9. The molecule has 136 valence electrons. The van der Waals surface area contributed by atoms with Gasteiger partial charge in [0.15, 0.2) is 11.5 Å². The zero-order valence-corrected chi connectivity index (χ0v) is 14.5. The van der Waals surface area contributed by atoms with E-state index in [1.165, 1.54) is 12.1 Å². The quantitative estimate of drug-likeness (QED) is 0.673. The molecule has 26 heavy (non-hydrogen) atoms. The van der Waals surface area contributed by atoms with Crippen LogP contribution in [0, 0.1) is 5.82 Å². The predicted molar refractivity (Wildman–Crippen MR) is 92.4 cm³/mol. The Kier molecular flexibility index (Phi) is 4.77.